The molecule has 2 nitrogen and oxygen atoms in total. The minimum atomic E-state index is -0.858. The van der Waals surface area contributed by atoms with Crippen molar-refractivity contribution in [2.45, 2.75) is 39.8 Å². The van der Waals surface area contributed by atoms with Crippen LogP contribution in [0.4, 0.5) is 4.39 Å². The number of amides is 1. The number of likely N-dealkylation sites (tertiary alicyclic amines) is 1. The van der Waals surface area contributed by atoms with Gasteiger partial charge in [-0.25, -0.2) is 4.39 Å². The van der Waals surface area contributed by atoms with E-state index in [1.807, 2.05) is 4.90 Å². The molecule has 1 saturated carbocycles. The maximum atomic E-state index is 12.8. The number of rotatable bonds is 2. The van der Waals surface area contributed by atoms with Gasteiger partial charge in [0.1, 0.15) is 6.17 Å². The lowest BCUT2D eigenvalue weighted by Crippen LogP contribution is -2.34. The van der Waals surface area contributed by atoms with E-state index in [-0.39, 0.29) is 17.2 Å². The first-order chi connectivity index (χ1) is 6.94. The van der Waals surface area contributed by atoms with Gasteiger partial charge in [-0.2, -0.15) is 0 Å². The highest BCUT2D eigenvalue weighted by Gasteiger charge is 2.48. The molecule has 0 spiro atoms. The summed E-state index contributed by atoms with van der Waals surface area (Å²) in [5.74, 6) is 0.321. The topological polar surface area (TPSA) is 20.3 Å². The highest BCUT2D eigenvalue weighted by molar-refractivity contribution is 5.82. The van der Waals surface area contributed by atoms with Gasteiger partial charge in [-0.1, -0.05) is 20.8 Å². The Morgan fingerprint density at radius 2 is 2.13 bits per heavy atom. The molecule has 1 aliphatic carbocycles. The van der Waals surface area contributed by atoms with Crippen LogP contribution in [-0.4, -0.2) is 30.1 Å². The summed E-state index contributed by atoms with van der Waals surface area (Å²) in [6.07, 6.45) is 0.650. The van der Waals surface area contributed by atoms with Crippen molar-refractivity contribution in [2.24, 2.45) is 17.3 Å². The van der Waals surface area contributed by atoms with E-state index in [9.17, 15) is 9.18 Å². The van der Waals surface area contributed by atoms with E-state index in [1.165, 1.54) is 0 Å². The molecule has 0 unspecified atom stereocenters. The Balaban J connectivity index is 1.95. The van der Waals surface area contributed by atoms with E-state index in [1.54, 1.807) is 0 Å². The highest BCUT2D eigenvalue weighted by atomic mass is 19.1. The second kappa shape index (κ2) is 3.46. The van der Waals surface area contributed by atoms with Gasteiger partial charge in [0, 0.05) is 13.1 Å². The van der Waals surface area contributed by atoms with Crippen LogP contribution in [0.25, 0.3) is 0 Å². The minimum Gasteiger partial charge on any atom is -0.342 e. The fraction of sp³-hybridized carbons (Fsp3) is 0.917. The third-order valence-electron chi connectivity index (χ3n) is 4.24. The first-order valence-electron chi connectivity index (χ1n) is 5.87. The highest BCUT2D eigenvalue weighted by Crippen LogP contribution is 2.41. The van der Waals surface area contributed by atoms with Crippen LogP contribution in [-0.2, 0) is 4.79 Å². The average molecular weight is 213 g/mol. The molecule has 3 heteroatoms. The van der Waals surface area contributed by atoms with Gasteiger partial charge in [0.05, 0.1) is 5.92 Å². The molecular weight excluding hydrogens is 193 g/mol. The van der Waals surface area contributed by atoms with Crippen molar-refractivity contribution in [1.29, 1.82) is 0 Å². The Labute approximate surface area is 90.8 Å². The molecular formula is C12H20FNO. The number of alkyl halides is 1. The molecule has 0 aromatic rings. The van der Waals surface area contributed by atoms with Crippen LogP contribution in [0.1, 0.15) is 33.6 Å². The van der Waals surface area contributed by atoms with Crippen LogP contribution in [0.5, 0.6) is 0 Å². The van der Waals surface area contributed by atoms with Crippen LogP contribution >= 0.6 is 0 Å². The molecule has 1 amide bonds. The molecule has 3 atom stereocenters. The Kier molecular flexibility index (Phi) is 2.52. The lowest BCUT2D eigenvalue weighted by Gasteiger charge is -2.28. The Morgan fingerprint density at radius 3 is 2.53 bits per heavy atom. The zero-order valence-electron chi connectivity index (χ0n) is 9.79. The van der Waals surface area contributed by atoms with Gasteiger partial charge >= 0.3 is 0 Å². The molecule has 1 saturated heterocycles. The zero-order valence-corrected chi connectivity index (χ0v) is 9.79. The number of hydrogen-bond donors (Lipinski definition) is 0. The van der Waals surface area contributed by atoms with Gasteiger partial charge in [-0.3, -0.25) is 4.79 Å². The summed E-state index contributed by atoms with van der Waals surface area (Å²) < 4.78 is 12.8. The summed E-state index contributed by atoms with van der Waals surface area (Å²) >= 11 is 0. The predicted octanol–water partition coefficient (Wildman–Crippen LogP) is 2.24. The monoisotopic (exact) mass is 213 g/mol. The molecule has 2 aliphatic rings. The fourth-order valence-corrected chi connectivity index (χ4v) is 2.30. The van der Waals surface area contributed by atoms with Crippen LogP contribution < -0.4 is 0 Å². The standard InChI is InChI=1S/C12H20FNO/c1-8(2)12(3)4-5-14(7-12)11(15)9-6-10(9)13/h8-10H,4-7H2,1-3H3/t9-,10+,12+/m1/s1. The maximum Gasteiger partial charge on any atom is 0.228 e. The molecule has 1 aliphatic heterocycles. The van der Waals surface area contributed by atoms with Crippen molar-refractivity contribution >= 4 is 5.91 Å². The lowest BCUT2D eigenvalue weighted by molar-refractivity contribution is -0.132. The largest absolute Gasteiger partial charge is 0.342 e. The van der Waals surface area contributed by atoms with Crippen LogP contribution in [0.3, 0.4) is 0 Å². The molecule has 15 heavy (non-hydrogen) atoms. The molecule has 0 radical (unpaired) electrons. The zero-order chi connectivity index (χ0) is 11.2. The van der Waals surface area contributed by atoms with Crippen molar-refractivity contribution in [3.05, 3.63) is 0 Å². The van der Waals surface area contributed by atoms with Crippen molar-refractivity contribution in [3.8, 4) is 0 Å². The van der Waals surface area contributed by atoms with Gasteiger partial charge in [0.25, 0.3) is 0 Å². The van der Waals surface area contributed by atoms with Gasteiger partial charge in [0.15, 0.2) is 0 Å². The molecule has 0 N–H and O–H groups in total. The predicted molar refractivity (Wildman–Crippen MR) is 57.1 cm³/mol. The summed E-state index contributed by atoms with van der Waals surface area (Å²) in [4.78, 5) is 13.7. The molecule has 0 aromatic carbocycles. The summed E-state index contributed by atoms with van der Waals surface area (Å²) in [6, 6.07) is 0. The van der Waals surface area contributed by atoms with Crippen molar-refractivity contribution in [3.63, 3.8) is 0 Å². The number of carbonyl (C=O) groups is 1. The third-order valence-corrected chi connectivity index (χ3v) is 4.24. The van der Waals surface area contributed by atoms with E-state index in [0.29, 0.717) is 12.3 Å². The molecule has 1 heterocycles. The number of nitrogens with zero attached hydrogens (tertiary/aromatic N) is 1. The number of hydrogen-bond acceptors (Lipinski definition) is 1. The van der Waals surface area contributed by atoms with E-state index in [0.717, 1.165) is 19.5 Å². The molecule has 2 fully saturated rings. The molecule has 86 valence electrons. The van der Waals surface area contributed by atoms with Crippen molar-refractivity contribution in [2.75, 3.05) is 13.1 Å². The fourth-order valence-electron chi connectivity index (χ4n) is 2.30. The van der Waals surface area contributed by atoms with E-state index in [4.69, 9.17) is 0 Å². The SMILES string of the molecule is CC(C)[C@@]1(C)CCN(C(=O)[C@@H]2C[C@@H]2F)C1. The number of halogens is 1. The van der Waals surface area contributed by atoms with Gasteiger partial charge in [0.2, 0.25) is 5.91 Å². The first-order valence-corrected chi connectivity index (χ1v) is 5.87. The van der Waals surface area contributed by atoms with Crippen molar-refractivity contribution in [1.82, 2.24) is 4.90 Å². The summed E-state index contributed by atoms with van der Waals surface area (Å²) in [5.41, 5.74) is 0.232. The average Bonchev–Trinajstić information content (AvgIpc) is 2.73. The Bertz CT molecular complexity index is 279. The summed E-state index contributed by atoms with van der Waals surface area (Å²) in [5, 5.41) is 0. The maximum absolute atomic E-state index is 12.8. The summed E-state index contributed by atoms with van der Waals surface area (Å²) in [7, 11) is 0. The van der Waals surface area contributed by atoms with E-state index < -0.39 is 6.17 Å². The second-order valence-electron chi connectivity index (χ2n) is 5.68. The number of carbonyl (C=O) groups excluding carboxylic acids is 1. The minimum absolute atomic E-state index is 0.0480. The first kappa shape index (κ1) is 10.9. The van der Waals surface area contributed by atoms with Gasteiger partial charge < -0.3 is 4.90 Å². The Morgan fingerprint density at radius 1 is 1.53 bits per heavy atom. The van der Waals surface area contributed by atoms with E-state index >= 15 is 0 Å². The molecule has 0 bridgehead atoms. The van der Waals surface area contributed by atoms with Crippen molar-refractivity contribution < 1.29 is 9.18 Å². The Hall–Kier alpha value is -0.600. The normalized spacial score (nSPS) is 39.9. The van der Waals surface area contributed by atoms with Crippen LogP contribution in [0.15, 0.2) is 0 Å². The van der Waals surface area contributed by atoms with Gasteiger partial charge in [-0.15, -0.1) is 0 Å². The van der Waals surface area contributed by atoms with Gasteiger partial charge in [-0.05, 0) is 24.2 Å². The summed E-state index contributed by atoms with van der Waals surface area (Å²) in [6.45, 7) is 8.25. The molecule has 0 aromatic heterocycles. The quantitative estimate of drug-likeness (QED) is 0.689. The van der Waals surface area contributed by atoms with Crippen LogP contribution in [0.2, 0.25) is 0 Å². The smallest absolute Gasteiger partial charge is 0.228 e. The lowest BCUT2D eigenvalue weighted by atomic mass is 9.78. The molecule has 2 rings (SSSR count). The van der Waals surface area contributed by atoms with Crippen LogP contribution in [0, 0.1) is 17.3 Å². The van der Waals surface area contributed by atoms with E-state index in [2.05, 4.69) is 20.8 Å². The third kappa shape index (κ3) is 1.88. The second-order valence-corrected chi connectivity index (χ2v) is 5.68.